The highest BCUT2D eigenvalue weighted by Crippen LogP contribution is 2.38. The highest BCUT2D eigenvalue weighted by molar-refractivity contribution is 7.99. The first kappa shape index (κ1) is 14.8. The van der Waals surface area contributed by atoms with Gasteiger partial charge in [-0.15, -0.1) is 11.8 Å². The van der Waals surface area contributed by atoms with Gasteiger partial charge in [0, 0.05) is 12.3 Å². The van der Waals surface area contributed by atoms with Crippen molar-refractivity contribution < 1.29 is 13.9 Å². The van der Waals surface area contributed by atoms with Crippen LogP contribution in [-0.4, -0.2) is 29.8 Å². The first-order valence-electron chi connectivity index (χ1n) is 7.24. The number of furan rings is 1. The molecule has 1 saturated heterocycles. The summed E-state index contributed by atoms with van der Waals surface area (Å²) in [7, 11) is 0. The smallest absolute Gasteiger partial charge is 0.323 e. The van der Waals surface area contributed by atoms with Crippen molar-refractivity contribution >= 4 is 23.5 Å². The summed E-state index contributed by atoms with van der Waals surface area (Å²) in [5, 5.41) is 2.86. The number of benzene rings is 1. The number of thioether (sulfide) groups is 1. The Morgan fingerprint density at radius 3 is 3.05 bits per heavy atom. The first-order chi connectivity index (χ1) is 10.8. The maximum atomic E-state index is 12.6. The molecule has 6 heteroatoms. The van der Waals surface area contributed by atoms with Gasteiger partial charge in [-0.3, -0.25) is 0 Å². The van der Waals surface area contributed by atoms with Crippen LogP contribution in [0.25, 0.3) is 0 Å². The molecule has 1 aliphatic rings. The van der Waals surface area contributed by atoms with Crippen LogP contribution in [0.4, 0.5) is 10.5 Å². The minimum Gasteiger partial charge on any atom is -0.492 e. The molecule has 116 valence electrons. The fourth-order valence-electron chi connectivity index (χ4n) is 2.38. The Kier molecular flexibility index (Phi) is 4.58. The van der Waals surface area contributed by atoms with Gasteiger partial charge in [-0.1, -0.05) is 12.1 Å². The number of hydrogen-bond donors (Lipinski definition) is 1. The molecule has 0 spiro atoms. The topological polar surface area (TPSA) is 54.7 Å². The third-order valence-electron chi connectivity index (χ3n) is 3.37. The molecule has 1 aliphatic heterocycles. The van der Waals surface area contributed by atoms with E-state index in [0.29, 0.717) is 24.6 Å². The molecule has 0 saturated carbocycles. The molecule has 2 amide bonds. The van der Waals surface area contributed by atoms with Crippen molar-refractivity contribution in [2.75, 3.05) is 24.2 Å². The summed E-state index contributed by atoms with van der Waals surface area (Å²) >= 11 is 1.70. The summed E-state index contributed by atoms with van der Waals surface area (Å²) in [4.78, 5) is 14.4. The van der Waals surface area contributed by atoms with E-state index in [9.17, 15) is 4.79 Å². The monoisotopic (exact) mass is 318 g/mol. The standard InChI is InChI=1S/C16H18N2O3S/c1-2-20-13-7-4-3-6-12(13)17-16(19)18-9-11-22-15(18)14-8-5-10-21-14/h3-8,10,15H,2,9,11H2,1H3,(H,17,19)/t15-/m0/s1. The van der Waals surface area contributed by atoms with Gasteiger partial charge >= 0.3 is 6.03 Å². The highest BCUT2D eigenvalue weighted by Gasteiger charge is 2.32. The van der Waals surface area contributed by atoms with E-state index in [2.05, 4.69) is 5.32 Å². The molecule has 2 aromatic rings. The van der Waals surface area contributed by atoms with Crippen LogP contribution in [0.15, 0.2) is 47.1 Å². The van der Waals surface area contributed by atoms with Crippen LogP contribution in [0.2, 0.25) is 0 Å². The van der Waals surface area contributed by atoms with Gasteiger partial charge in [-0.05, 0) is 31.2 Å². The number of ether oxygens (including phenoxy) is 1. The lowest BCUT2D eigenvalue weighted by atomic mass is 10.3. The lowest BCUT2D eigenvalue weighted by Crippen LogP contribution is -2.34. The predicted octanol–water partition coefficient (Wildman–Crippen LogP) is 3.96. The zero-order valence-electron chi connectivity index (χ0n) is 12.3. The Labute approximate surface area is 133 Å². The van der Waals surface area contributed by atoms with Gasteiger partial charge in [0.1, 0.15) is 16.9 Å². The van der Waals surface area contributed by atoms with Gasteiger partial charge in [0.25, 0.3) is 0 Å². The second kappa shape index (κ2) is 6.79. The van der Waals surface area contributed by atoms with Crippen LogP contribution >= 0.6 is 11.8 Å². The number of hydrogen-bond acceptors (Lipinski definition) is 4. The van der Waals surface area contributed by atoms with Crippen molar-refractivity contribution in [2.45, 2.75) is 12.3 Å². The van der Waals surface area contributed by atoms with E-state index < -0.39 is 0 Å². The van der Waals surface area contributed by atoms with Crippen LogP contribution in [0.3, 0.4) is 0 Å². The lowest BCUT2D eigenvalue weighted by molar-refractivity contribution is 0.209. The molecular formula is C16H18N2O3S. The fourth-order valence-corrected chi connectivity index (χ4v) is 3.59. The molecule has 0 radical (unpaired) electrons. The molecule has 1 N–H and O–H groups in total. The molecule has 2 heterocycles. The van der Waals surface area contributed by atoms with Crippen molar-refractivity contribution in [1.29, 1.82) is 0 Å². The van der Waals surface area contributed by atoms with Gasteiger partial charge < -0.3 is 19.4 Å². The van der Waals surface area contributed by atoms with Crippen LogP contribution in [-0.2, 0) is 0 Å². The quantitative estimate of drug-likeness (QED) is 0.927. The minimum absolute atomic E-state index is 0.0748. The number of para-hydroxylation sites is 2. The Balaban J connectivity index is 1.74. The molecule has 1 fully saturated rings. The molecule has 0 unspecified atom stereocenters. The zero-order valence-corrected chi connectivity index (χ0v) is 13.1. The van der Waals surface area contributed by atoms with Gasteiger partial charge in [0.05, 0.1) is 18.6 Å². The van der Waals surface area contributed by atoms with E-state index in [4.69, 9.17) is 9.15 Å². The van der Waals surface area contributed by atoms with Crippen molar-refractivity contribution in [2.24, 2.45) is 0 Å². The Bertz CT molecular complexity index is 630. The van der Waals surface area contributed by atoms with Gasteiger partial charge in [0.2, 0.25) is 0 Å². The Hall–Kier alpha value is -2.08. The number of nitrogens with zero attached hydrogens (tertiary/aromatic N) is 1. The SMILES string of the molecule is CCOc1ccccc1NC(=O)N1CCS[C@H]1c1ccco1. The van der Waals surface area contributed by atoms with Crippen LogP contribution < -0.4 is 10.1 Å². The van der Waals surface area contributed by atoms with Crippen LogP contribution in [0, 0.1) is 0 Å². The maximum absolute atomic E-state index is 12.6. The lowest BCUT2D eigenvalue weighted by Gasteiger charge is -2.23. The van der Waals surface area contributed by atoms with Crippen LogP contribution in [0.5, 0.6) is 5.75 Å². The van der Waals surface area contributed by atoms with E-state index in [-0.39, 0.29) is 11.4 Å². The normalized spacial score (nSPS) is 17.5. The molecule has 1 aromatic carbocycles. The molecule has 22 heavy (non-hydrogen) atoms. The molecule has 1 atom stereocenters. The Morgan fingerprint density at radius 2 is 2.27 bits per heavy atom. The molecule has 0 aliphatic carbocycles. The van der Waals surface area contributed by atoms with Gasteiger partial charge in [-0.2, -0.15) is 0 Å². The molecule has 1 aromatic heterocycles. The van der Waals surface area contributed by atoms with Crippen molar-refractivity contribution in [3.63, 3.8) is 0 Å². The highest BCUT2D eigenvalue weighted by atomic mass is 32.2. The van der Waals surface area contributed by atoms with E-state index in [1.165, 1.54) is 0 Å². The third-order valence-corrected chi connectivity index (χ3v) is 4.59. The van der Waals surface area contributed by atoms with Crippen molar-refractivity contribution in [3.05, 3.63) is 48.4 Å². The van der Waals surface area contributed by atoms with E-state index in [1.54, 1.807) is 22.9 Å². The summed E-state index contributed by atoms with van der Waals surface area (Å²) in [6.45, 7) is 3.17. The number of urea groups is 1. The van der Waals surface area contributed by atoms with Gasteiger partial charge in [-0.25, -0.2) is 4.79 Å². The number of rotatable bonds is 4. The number of amides is 2. The summed E-state index contributed by atoms with van der Waals surface area (Å²) in [5.41, 5.74) is 0.685. The summed E-state index contributed by atoms with van der Waals surface area (Å²) in [5.74, 6) is 2.38. The molecule has 0 bridgehead atoms. The van der Waals surface area contributed by atoms with Crippen LogP contribution in [0.1, 0.15) is 18.1 Å². The maximum Gasteiger partial charge on any atom is 0.323 e. The first-order valence-corrected chi connectivity index (χ1v) is 8.29. The van der Waals surface area contributed by atoms with Crippen molar-refractivity contribution in [1.82, 2.24) is 4.90 Å². The Morgan fingerprint density at radius 1 is 1.41 bits per heavy atom. The number of anilines is 1. The van der Waals surface area contributed by atoms with E-state index in [0.717, 1.165) is 11.5 Å². The molecule has 3 rings (SSSR count). The molecular weight excluding hydrogens is 300 g/mol. The summed E-state index contributed by atoms with van der Waals surface area (Å²) < 4.78 is 11.0. The second-order valence-electron chi connectivity index (χ2n) is 4.79. The number of carbonyl (C=O) groups is 1. The average Bonchev–Trinajstić information content (AvgIpc) is 3.20. The minimum atomic E-state index is -0.140. The summed E-state index contributed by atoms with van der Waals surface area (Å²) in [6, 6.07) is 11.1. The predicted molar refractivity (Wildman–Crippen MR) is 87.2 cm³/mol. The van der Waals surface area contributed by atoms with Crippen molar-refractivity contribution in [3.8, 4) is 5.75 Å². The average molecular weight is 318 g/mol. The molecule has 5 nitrogen and oxygen atoms in total. The van der Waals surface area contributed by atoms with Gasteiger partial charge in [0.15, 0.2) is 0 Å². The zero-order chi connectivity index (χ0) is 15.4. The summed E-state index contributed by atoms with van der Waals surface area (Å²) in [6.07, 6.45) is 1.63. The number of nitrogens with one attached hydrogen (secondary N) is 1. The largest absolute Gasteiger partial charge is 0.492 e. The number of carbonyl (C=O) groups excluding carboxylic acids is 1. The van der Waals surface area contributed by atoms with E-state index >= 15 is 0 Å². The second-order valence-corrected chi connectivity index (χ2v) is 5.98. The van der Waals surface area contributed by atoms with E-state index in [1.807, 2.05) is 43.3 Å². The fraction of sp³-hybridized carbons (Fsp3) is 0.312. The third kappa shape index (κ3) is 3.06.